The first kappa shape index (κ1) is 11.9. The minimum Gasteiger partial charge on any atom is -0.220 e. The zero-order valence-corrected chi connectivity index (χ0v) is 11.2. The lowest BCUT2D eigenvalue weighted by Gasteiger charge is -2.47. The quantitative estimate of drug-likeness (QED) is 0.601. The summed E-state index contributed by atoms with van der Waals surface area (Å²) in [5.74, 6) is 0. The largest absolute Gasteiger partial charge is 0.220 e. The molecule has 5 rings (SSSR count). The molecular weight excluding hydrogens is 248 g/mol. The van der Waals surface area contributed by atoms with Gasteiger partial charge in [0.25, 0.3) is 0 Å². The minimum absolute atomic E-state index is 0.419. The first-order valence-corrected chi connectivity index (χ1v) is 7.01. The molecule has 2 bridgehead atoms. The first-order chi connectivity index (χ1) is 9.83. The molecule has 2 nitrogen and oxygen atoms in total. The molecule has 0 amide bonds. The Morgan fingerprint density at radius 1 is 0.600 bits per heavy atom. The molecule has 0 saturated carbocycles. The van der Waals surface area contributed by atoms with E-state index in [1.54, 1.807) is 0 Å². The summed E-state index contributed by atoms with van der Waals surface area (Å²) in [5, 5.41) is 0. The molecule has 2 aliphatic heterocycles. The SMILES string of the molecule is C1=CC2(c3ccccc3)CCC1(c1ccccc1)OO2. The third kappa shape index (κ3) is 1.65. The van der Waals surface area contributed by atoms with Gasteiger partial charge in [-0.2, -0.15) is 0 Å². The second-order valence-electron chi connectivity index (χ2n) is 5.51. The van der Waals surface area contributed by atoms with Gasteiger partial charge in [-0.1, -0.05) is 60.7 Å². The van der Waals surface area contributed by atoms with Crippen molar-refractivity contribution in [1.82, 2.24) is 0 Å². The first-order valence-electron chi connectivity index (χ1n) is 7.01. The summed E-state index contributed by atoms with van der Waals surface area (Å²) in [6.45, 7) is 0. The fourth-order valence-corrected chi connectivity index (χ4v) is 3.11. The average Bonchev–Trinajstić information content (AvgIpc) is 2.58. The number of fused-ring (bicyclic) bond motifs is 2. The molecule has 100 valence electrons. The summed E-state index contributed by atoms with van der Waals surface area (Å²) in [4.78, 5) is 11.6. The number of hydrogen-bond acceptors (Lipinski definition) is 2. The third-order valence-corrected chi connectivity index (χ3v) is 4.35. The van der Waals surface area contributed by atoms with Crippen LogP contribution in [0.25, 0.3) is 0 Å². The number of benzene rings is 2. The van der Waals surface area contributed by atoms with Gasteiger partial charge >= 0.3 is 0 Å². The van der Waals surface area contributed by atoms with E-state index in [4.69, 9.17) is 9.78 Å². The highest BCUT2D eigenvalue weighted by Crippen LogP contribution is 2.50. The molecule has 1 fully saturated rings. The van der Waals surface area contributed by atoms with Gasteiger partial charge in [0.05, 0.1) is 0 Å². The molecule has 1 saturated heterocycles. The van der Waals surface area contributed by atoms with E-state index in [1.807, 2.05) is 36.4 Å². The summed E-state index contributed by atoms with van der Waals surface area (Å²) < 4.78 is 0. The lowest BCUT2D eigenvalue weighted by molar-refractivity contribution is -0.437. The summed E-state index contributed by atoms with van der Waals surface area (Å²) in [7, 11) is 0. The van der Waals surface area contributed by atoms with Crippen LogP contribution in [-0.2, 0) is 21.0 Å². The standard InChI is InChI=1S/C18H16O2/c1-3-7-15(8-4-1)17-11-13-18(14-12-17,20-19-17)16-9-5-2-6-10-16/h1-11,13H,12,14H2. The van der Waals surface area contributed by atoms with Crippen LogP contribution in [0.15, 0.2) is 72.8 Å². The van der Waals surface area contributed by atoms with Gasteiger partial charge < -0.3 is 0 Å². The van der Waals surface area contributed by atoms with E-state index in [0.29, 0.717) is 0 Å². The molecule has 2 heteroatoms. The lowest BCUT2D eigenvalue weighted by atomic mass is 9.75. The highest BCUT2D eigenvalue weighted by atomic mass is 17.2. The maximum absolute atomic E-state index is 5.82. The van der Waals surface area contributed by atoms with E-state index >= 15 is 0 Å². The molecule has 2 heterocycles. The van der Waals surface area contributed by atoms with Crippen molar-refractivity contribution >= 4 is 0 Å². The van der Waals surface area contributed by atoms with Crippen molar-refractivity contribution in [3.8, 4) is 0 Å². The predicted octanol–water partition coefficient (Wildman–Crippen LogP) is 4.09. The van der Waals surface area contributed by atoms with E-state index in [2.05, 4.69) is 36.4 Å². The van der Waals surface area contributed by atoms with Gasteiger partial charge in [-0.05, 0) is 36.1 Å². The van der Waals surface area contributed by atoms with E-state index in [9.17, 15) is 0 Å². The van der Waals surface area contributed by atoms with E-state index in [0.717, 1.165) is 24.0 Å². The molecule has 0 N–H and O–H groups in total. The van der Waals surface area contributed by atoms with Gasteiger partial charge in [0.1, 0.15) is 11.2 Å². The van der Waals surface area contributed by atoms with Gasteiger partial charge in [-0.25, -0.2) is 9.78 Å². The highest BCUT2D eigenvalue weighted by molar-refractivity contribution is 5.37. The molecule has 3 aliphatic rings. The van der Waals surface area contributed by atoms with Crippen LogP contribution in [0, 0.1) is 0 Å². The summed E-state index contributed by atoms with van der Waals surface area (Å²) in [6.07, 6.45) is 6.18. The number of hydrogen-bond donors (Lipinski definition) is 0. The van der Waals surface area contributed by atoms with Gasteiger partial charge in [0, 0.05) is 0 Å². The Hall–Kier alpha value is -1.90. The summed E-state index contributed by atoms with van der Waals surface area (Å²) >= 11 is 0. The molecule has 1 aliphatic carbocycles. The van der Waals surface area contributed by atoms with Crippen molar-refractivity contribution in [2.24, 2.45) is 0 Å². The molecule has 0 spiro atoms. The molecule has 2 aromatic carbocycles. The van der Waals surface area contributed by atoms with Crippen LogP contribution in [0.3, 0.4) is 0 Å². The second kappa shape index (κ2) is 4.30. The number of rotatable bonds is 2. The van der Waals surface area contributed by atoms with Crippen LogP contribution in [0.2, 0.25) is 0 Å². The van der Waals surface area contributed by atoms with Crippen molar-refractivity contribution in [3.63, 3.8) is 0 Å². The fourth-order valence-electron chi connectivity index (χ4n) is 3.11. The van der Waals surface area contributed by atoms with Crippen LogP contribution in [0.5, 0.6) is 0 Å². The summed E-state index contributed by atoms with van der Waals surface area (Å²) in [5.41, 5.74) is 1.46. The Bertz CT molecular complexity index is 565. The molecule has 2 aromatic rings. The summed E-state index contributed by atoms with van der Waals surface area (Å²) in [6, 6.07) is 20.6. The zero-order chi connectivity index (χ0) is 13.5. The maximum atomic E-state index is 5.82. The second-order valence-corrected chi connectivity index (χ2v) is 5.51. The van der Waals surface area contributed by atoms with Gasteiger partial charge in [0.2, 0.25) is 0 Å². The monoisotopic (exact) mass is 264 g/mol. The Kier molecular flexibility index (Phi) is 2.56. The molecule has 2 atom stereocenters. The van der Waals surface area contributed by atoms with Gasteiger partial charge in [-0.15, -0.1) is 0 Å². The smallest absolute Gasteiger partial charge is 0.147 e. The normalized spacial score (nSPS) is 31.4. The maximum Gasteiger partial charge on any atom is 0.147 e. The van der Waals surface area contributed by atoms with Crippen LogP contribution < -0.4 is 0 Å². The van der Waals surface area contributed by atoms with Crippen LogP contribution in [0.4, 0.5) is 0 Å². The highest BCUT2D eigenvalue weighted by Gasteiger charge is 2.49. The lowest BCUT2D eigenvalue weighted by Crippen LogP contribution is -2.46. The Balaban J connectivity index is 1.74. The van der Waals surface area contributed by atoms with Gasteiger partial charge in [-0.3, -0.25) is 0 Å². The van der Waals surface area contributed by atoms with Crippen LogP contribution in [0.1, 0.15) is 24.0 Å². The molecule has 2 unspecified atom stereocenters. The third-order valence-electron chi connectivity index (χ3n) is 4.35. The van der Waals surface area contributed by atoms with E-state index < -0.39 is 11.2 Å². The van der Waals surface area contributed by atoms with Gasteiger partial charge in [0.15, 0.2) is 0 Å². The van der Waals surface area contributed by atoms with Crippen molar-refractivity contribution in [2.45, 2.75) is 24.0 Å². The predicted molar refractivity (Wildman–Crippen MR) is 76.8 cm³/mol. The van der Waals surface area contributed by atoms with Crippen molar-refractivity contribution in [3.05, 3.63) is 83.9 Å². The fraction of sp³-hybridized carbons (Fsp3) is 0.222. The molecule has 0 aromatic heterocycles. The average molecular weight is 264 g/mol. The van der Waals surface area contributed by atoms with Crippen LogP contribution in [-0.4, -0.2) is 0 Å². The zero-order valence-electron chi connectivity index (χ0n) is 11.2. The Morgan fingerprint density at radius 3 is 1.30 bits per heavy atom. The minimum atomic E-state index is -0.419. The topological polar surface area (TPSA) is 18.5 Å². The Labute approximate surface area is 118 Å². The molecular formula is C18H16O2. The van der Waals surface area contributed by atoms with Crippen molar-refractivity contribution < 1.29 is 9.78 Å². The van der Waals surface area contributed by atoms with E-state index in [1.165, 1.54) is 0 Å². The van der Waals surface area contributed by atoms with Crippen molar-refractivity contribution in [1.29, 1.82) is 0 Å². The van der Waals surface area contributed by atoms with Crippen molar-refractivity contribution in [2.75, 3.05) is 0 Å². The van der Waals surface area contributed by atoms with E-state index in [-0.39, 0.29) is 0 Å². The molecule has 20 heavy (non-hydrogen) atoms. The molecule has 0 radical (unpaired) electrons. The van der Waals surface area contributed by atoms with Crippen LogP contribution >= 0.6 is 0 Å². The Morgan fingerprint density at radius 2 is 1.00 bits per heavy atom.